The van der Waals surface area contributed by atoms with E-state index in [2.05, 4.69) is 47.8 Å². The number of ether oxygens (including phenoxy) is 3. The van der Waals surface area contributed by atoms with Crippen molar-refractivity contribution in [3.05, 3.63) is 59.2 Å². The number of nitrogens with one attached hydrogen (secondary N) is 1. The van der Waals surface area contributed by atoms with Crippen molar-refractivity contribution in [2.75, 3.05) is 13.2 Å². The summed E-state index contributed by atoms with van der Waals surface area (Å²) in [7, 11) is 0. The molecule has 1 N–H and O–H groups in total. The molecule has 0 spiro atoms. The Bertz CT molecular complexity index is 946. The normalized spacial score (nSPS) is 15.5. The number of esters is 1. The highest BCUT2D eigenvalue weighted by molar-refractivity contribution is 5.76. The summed E-state index contributed by atoms with van der Waals surface area (Å²) in [5.74, 6) is -0.288. The number of alkyl carbamates (subject to hydrolysis) is 1. The van der Waals surface area contributed by atoms with E-state index in [1.165, 1.54) is 5.56 Å². The quantitative estimate of drug-likeness (QED) is 0.439. The van der Waals surface area contributed by atoms with Crippen LogP contribution in [0.5, 0.6) is 0 Å². The van der Waals surface area contributed by atoms with E-state index in [9.17, 15) is 9.59 Å². The Morgan fingerprint density at radius 3 is 2.45 bits per heavy atom. The summed E-state index contributed by atoms with van der Waals surface area (Å²) >= 11 is 0. The Hall–Kier alpha value is -2.86. The summed E-state index contributed by atoms with van der Waals surface area (Å²) in [6, 6.07) is 14.9. The number of benzene rings is 2. The van der Waals surface area contributed by atoms with Crippen LogP contribution in [0.3, 0.4) is 0 Å². The van der Waals surface area contributed by atoms with Crippen LogP contribution in [0, 0.1) is 0 Å². The zero-order valence-corrected chi connectivity index (χ0v) is 20.1. The topological polar surface area (TPSA) is 73.9 Å². The molecule has 6 heteroatoms. The smallest absolute Gasteiger partial charge is 0.407 e. The number of hydrogen-bond donors (Lipinski definition) is 1. The van der Waals surface area contributed by atoms with E-state index in [1.807, 2.05) is 20.8 Å². The molecule has 3 rings (SSSR count). The molecule has 1 atom stereocenters. The maximum atomic E-state index is 11.9. The minimum absolute atomic E-state index is 0.288. The summed E-state index contributed by atoms with van der Waals surface area (Å²) in [4.78, 5) is 23.6. The van der Waals surface area contributed by atoms with Crippen molar-refractivity contribution in [2.24, 2.45) is 0 Å². The molecule has 0 aliphatic carbocycles. The van der Waals surface area contributed by atoms with Crippen molar-refractivity contribution in [2.45, 2.75) is 71.7 Å². The number of aryl methyl sites for hydroxylation is 1. The van der Waals surface area contributed by atoms with E-state index in [-0.39, 0.29) is 12.1 Å². The summed E-state index contributed by atoms with van der Waals surface area (Å²) in [5.41, 5.74) is 5.35. The van der Waals surface area contributed by atoms with Gasteiger partial charge >= 0.3 is 12.1 Å². The van der Waals surface area contributed by atoms with E-state index in [0.717, 1.165) is 41.5 Å². The molecule has 0 radical (unpaired) electrons. The van der Waals surface area contributed by atoms with Gasteiger partial charge in [-0.25, -0.2) is 9.59 Å². The summed E-state index contributed by atoms with van der Waals surface area (Å²) in [6.07, 6.45) is 2.53. The maximum Gasteiger partial charge on any atom is 0.407 e. The van der Waals surface area contributed by atoms with Gasteiger partial charge in [-0.05, 0) is 80.8 Å². The number of rotatable bonds is 8. The Balaban J connectivity index is 1.47. The first-order chi connectivity index (χ1) is 15.7. The molecular formula is C27H35NO5. The van der Waals surface area contributed by atoms with Gasteiger partial charge in [0.25, 0.3) is 0 Å². The molecule has 1 unspecified atom stereocenters. The SMILES string of the molecule is CCOC(=O)C1Cc2ccc(-c3ccc(CCCCNC(=O)OC(C)(C)C)cc3)cc2CO1. The van der Waals surface area contributed by atoms with Gasteiger partial charge in [-0.15, -0.1) is 0 Å². The van der Waals surface area contributed by atoms with Crippen LogP contribution >= 0.6 is 0 Å². The molecular weight excluding hydrogens is 418 g/mol. The fourth-order valence-electron chi connectivity index (χ4n) is 3.80. The Kier molecular flexibility index (Phi) is 8.50. The second-order valence-electron chi connectivity index (χ2n) is 9.32. The molecule has 1 amide bonds. The largest absolute Gasteiger partial charge is 0.464 e. The van der Waals surface area contributed by atoms with Crippen LogP contribution in [0.4, 0.5) is 4.79 Å². The second-order valence-corrected chi connectivity index (χ2v) is 9.32. The third-order valence-corrected chi connectivity index (χ3v) is 5.45. The number of fused-ring (bicyclic) bond motifs is 1. The van der Waals surface area contributed by atoms with E-state index >= 15 is 0 Å². The molecule has 33 heavy (non-hydrogen) atoms. The molecule has 1 aliphatic rings. The van der Waals surface area contributed by atoms with E-state index < -0.39 is 11.7 Å². The van der Waals surface area contributed by atoms with E-state index in [0.29, 0.717) is 26.2 Å². The zero-order valence-electron chi connectivity index (χ0n) is 20.1. The van der Waals surface area contributed by atoms with Crippen molar-refractivity contribution in [1.29, 1.82) is 0 Å². The monoisotopic (exact) mass is 453 g/mol. The Morgan fingerprint density at radius 1 is 1.03 bits per heavy atom. The predicted molar refractivity (Wildman–Crippen MR) is 128 cm³/mol. The van der Waals surface area contributed by atoms with Crippen molar-refractivity contribution < 1.29 is 23.8 Å². The van der Waals surface area contributed by atoms with Gasteiger partial charge in [-0.2, -0.15) is 0 Å². The van der Waals surface area contributed by atoms with Gasteiger partial charge in [0, 0.05) is 13.0 Å². The fraction of sp³-hybridized carbons (Fsp3) is 0.481. The fourth-order valence-corrected chi connectivity index (χ4v) is 3.80. The average molecular weight is 454 g/mol. The molecule has 1 heterocycles. The first-order valence-electron chi connectivity index (χ1n) is 11.7. The van der Waals surface area contributed by atoms with Crippen LogP contribution in [-0.4, -0.2) is 36.9 Å². The summed E-state index contributed by atoms with van der Waals surface area (Å²) in [6.45, 7) is 8.77. The summed E-state index contributed by atoms with van der Waals surface area (Å²) in [5, 5.41) is 2.80. The number of amides is 1. The summed E-state index contributed by atoms with van der Waals surface area (Å²) < 4.78 is 16.0. The Morgan fingerprint density at radius 2 is 1.76 bits per heavy atom. The molecule has 178 valence electrons. The molecule has 0 saturated carbocycles. The number of hydrogen-bond acceptors (Lipinski definition) is 5. The third-order valence-electron chi connectivity index (χ3n) is 5.45. The maximum absolute atomic E-state index is 11.9. The lowest BCUT2D eigenvalue weighted by Gasteiger charge is -2.24. The number of unbranched alkanes of at least 4 members (excludes halogenated alkanes) is 1. The highest BCUT2D eigenvalue weighted by Crippen LogP contribution is 2.28. The standard InChI is InChI=1S/C27H35NO5/c1-5-31-25(29)24-17-22-14-13-21(16-23(22)18-32-24)20-11-9-19(10-12-20)8-6-7-15-28-26(30)33-27(2,3)4/h9-14,16,24H,5-8,15,17-18H2,1-4H3,(H,28,30). The first kappa shape index (κ1) is 24.8. The second kappa shape index (κ2) is 11.3. The van der Waals surface area contributed by atoms with Crippen LogP contribution in [-0.2, 0) is 38.5 Å². The zero-order chi connectivity index (χ0) is 23.8. The first-order valence-corrected chi connectivity index (χ1v) is 11.7. The highest BCUT2D eigenvalue weighted by Gasteiger charge is 2.26. The number of carbonyl (C=O) groups is 2. The van der Waals surface area contributed by atoms with Crippen molar-refractivity contribution in [3.63, 3.8) is 0 Å². The highest BCUT2D eigenvalue weighted by atomic mass is 16.6. The van der Waals surface area contributed by atoms with Gasteiger partial charge in [0.05, 0.1) is 13.2 Å². The van der Waals surface area contributed by atoms with Crippen LogP contribution in [0.25, 0.3) is 11.1 Å². The van der Waals surface area contributed by atoms with Crippen LogP contribution in [0.2, 0.25) is 0 Å². The van der Waals surface area contributed by atoms with Gasteiger partial charge < -0.3 is 19.5 Å². The van der Waals surface area contributed by atoms with Crippen molar-refractivity contribution in [3.8, 4) is 11.1 Å². The van der Waals surface area contributed by atoms with Gasteiger partial charge in [-0.3, -0.25) is 0 Å². The van der Waals surface area contributed by atoms with Crippen molar-refractivity contribution in [1.82, 2.24) is 5.32 Å². The predicted octanol–water partition coefficient (Wildman–Crippen LogP) is 5.21. The average Bonchev–Trinajstić information content (AvgIpc) is 2.77. The molecule has 0 saturated heterocycles. The lowest BCUT2D eigenvalue weighted by atomic mass is 9.94. The Labute approximate surface area is 196 Å². The van der Waals surface area contributed by atoms with Gasteiger partial charge in [-0.1, -0.05) is 36.4 Å². The third kappa shape index (κ3) is 7.60. The molecule has 0 fully saturated rings. The molecule has 1 aliphatic heterocycles. The van der Waals surface area contributed by atoms with Gasteiger partial charge in [0.2, 0.25) is 0 Å². The number of carbonyl (C=O) groups excluding carboxylic acids is 2. The van der Waals surface area contributed by atoms with E-state index in [1.54, 1.807) is 6.92 Å². The van der Waals surface area contributed by atoms with Crippen LogP contribution in [0.1, 0.15) is 57.2 Å². The lowest BCUT2D eigenvalue weighted by molar-refractivity contribution is -0.158. The minimum atomic E-state index is -0.512. The molecule has 0 bridgehead atoms. The van der Waals surface area contributed by atoms with E-state index in [4.69, 9.17) is 14.2 Å². The minimum Gasteiger partial charge on any atom is -0.464 e. The van der Waals surface area contributed by atoms with Crippen LogP contribution in [0.15, 0.2) is 42.5 Å². The molecule has 2 aromatic carbocycles. The van der Waals surface area contributed by atoms with Gasteiger partial charge in [0.15, 0.2) is 6.10 Å². The van der Waals surface area contributed by atoms with Crippen LogP contribution < -0.4 is 5.32 Å². The van der Waals surface area contributed by atoms with Gasteiger partial charge in [0.1, 0.15) is 5.60 Å². The lowest BCUT2D eigenvalue weighted by Crippen LogP contribution is -2.33. The van der Waals surface area contributed by atoms with Crippen molar-refractivity contribution >= 4 is 12.1 Å². The molecule has 0 aromatic heterocycles. The molecule has 6 nitrogen and oxygen atoms in total. The molecule has 2 aromatic rings.